The number of hydrogen-bond acceptors (Lipinski definition) is 3. The molecule has 0 radical (unpaired) electrons. The van der Waals surface area contributed by atoms with Crippen molar-refractivity contribution in [2.75, 3.05) is 11.9 Å². The summed E-state index contributed by atoms with van der Waals surface area (Å²) in [4.78, 5) is 26.7. The first kappa shape index (κ1) is 13.5. The monoisotopic (exact) mass is 321 g/mol. The summed E-state index contributed by atoms with van der Waals surface area (Å²) in [5.74, 6) is -0.525. The number of pyridine rings is 1. The van der Waals surface area contributed by atoms with Gasteiger partial charge in [-0.05, 0) is 28.1 Å². The van der Waals surface area contributed by atoms with Crippen LogP contribution >= 0.6 is 15.9 Å². The Morgan fingerprint density at radius 1 is 1.37 bits per heavy atom. The van der Waals surface area contributed by atoms with E-state index in [2.05, 4.69) is 31.5 Å². The number of halogens is 1. The number of nitrogens with zero attached hydrogens (tertiary/aromatic N) is 1. The highest BCUT2D eigenvalue weighted by molar-refractivity contribution is 9.10. The van der Waals surface area contributed by atoms with Crippen molar-refractivity contribution < 1.29 is 9.59 Å². The number of amides is 2. The molecule has 1 heterocycles. The summed E-state index contributed by atoms with van der Waals surface area (Å²) in [5.41, 5.74) is 1.34. The second-order valence-electron chi connectivity index (χ2n) is 3.99. The normalized spacial score (nSPS) is 10.2. The first-order valence-corrected chi connectivity index (χ1v) is 6.44. The van der Waals surface area contributed by atoms with Crippen molar-refractivity contribution in [2.45, 2.75) is 6.92 Å². The topological polar surface area (TPSA) is 71.1 Å². The van der Waals surface area contributed by atoms with E-state index in [1.807, 2.05) is 18.2 Å². The lowest BCUT2D eigenvalue weighted by Crippen LogP contribution is -2.31. The average molecular weight is 322 g/mol. The third kappa shape index (κ3) is 3.51. The average Bonchev–Trinajstić information content (AvgIpc) is 2.36. The van der Waals surface area contributed by atoms with Crippen molar-refractivity contribution in [3.05, 3.63) is 34.9 Å². The largest absolute Gasteiger partial charge is 0.347 e. The molecule has 0 atom stereocenters. The number of rotatable bonds is 3. The van der Waals surface area contributed by atoms with Crippen LogP contribution in [-0.2, 0) is 9.59 Å². The molecule has 0 bridgehead atoms. The van der Waals surface area contributed by atoms with Crippen LogP contribution in [0.25, 0.3) is 10.9 Å². The number of hydrogen-bond donors (Lipinski definition) is 2. The van der Waals surface area contributed by atoms with Crippen LogP contribution in [0, 0.1) is 0 Å². The Bertz CT molecular complexity index is 643. The number of fused-ring (bicyclic) bond motifs is 1. The van der Waals surface area contributed by atoms with Crippen molar-refractivity contribution in [3.8, 4) is 0 Å². The molecule has 2 aromatic rings. The number of benzene rings is 1. The highest BCUT2D eigenvalue weighted by Crippen LogP contribution is 2.23. The van der Waals surface area contributed by atoms with Crippen molar-refractivity contribution in [2.24, 2.45) is 0 Å². The van der Waals surface area contributed by atoms with E-state index in [1.165, 1.54) is 6.92 Å². The van der Waals surface area contributed by atoms with Crippen LogP contribution in [0.3, 0.4) is 0 Å². The minimum Gasteiger partial charge on any atom is -0.347 e. The summed E-state index contributed by atoms with van der Waals surface area (Å²) in [6.07, 6.45) is 1.67. The maximum absolute atomic E-state index is 11.7. The minimum atomic E-state index is -0.285. The Hall–Kier alpha value is -1.95. The second-order valence-corrected chi connectivity index (χ2v) is 4.90. The van der Waals surface area contributed by atoms with E-state index in [1.54, 1.807) is 12.3 Å². The molecule has 0 fully saturated rings. The lowest BCUT2D eigenvalue weighted by atomic mass is 10.2. The molecular weight excluding hydrogens is 310 g/mol. The van der Waals surface area contributed by atoms with Crippen LogP contribution in [0.5, 0.6) is 0 Å². The predicted molar refractivity (Wildman–Crippen MR) is 76.8 cm³/mol. The Kier molecular flexibility index (Phi) is 4.11. The van der Waals surface area contributed by atoms with Gasteiger partial charge in [0.2, 0.25) is 11.8 Å². The predicted octanol–water partition coefficient (Wildman–Crippen LogP) is 2.07. The fraction of sp³-hybridized carbons (Fsp3) is 0.154. The molecule has 0 saturated carbocycles. The van der Waals surface area contributed by atoms with Crippen molar-refractivity contribution >= 4 is 44.3 Å². The SMILES string of the molecule is CC(=O)NCC(=O)Nc1cccc2cc(Br)cnc12. The van der Waals surface area contributed by atoms with Crippen LogP contribution < -0.4 is 10.6 Å². The van der Waals surface area contributed by atoms with Gasteiger partial charge in [0, 0.05) is 23.0 Å². The van der Waals surface area contributed by atoms with Gasteiger partial charge in [0.1, 0.15) is 0 Å². The minimum absolute atomic E-state index is 0.0533. The van der Waals surface area contributed by atoms with Gasteiger partial charge in [0.05, 0.1) is 17.7 Å². The molecule has 2 N–H and O–H groups in total. The summed E-state index contributed by atoms with van der Waals surface area (Å²) in [5, 5.41) is 6.09. The zero-order valence-corrected chi connectivity index (χ0v) is 11.8. The van der Waals surface area contributed by atoms with E-state index >= 15 is 0 Å². The van der Waals surface area contributed by atoms with Crippen LogP contribution in [0.1, 0.15) is 6.92 Å². The number of nitrogens with one attached hydrogen (secondary N) is 2. The summed E-state index contributed by atoms with van der Waals surface area (Å²) < 4.78 is 0.877. The third-order valence-corrected chi connectivity index (χ3v) is 2.88. The summed E-state index contributed by atoms with van der Waals surface area (Å²) in [6, 6.07) is 7.45. The number of carbonyl (C=O) groups excluding carboxylic acids is 2. The zero-order chi connectivity index (χ0) is 13.8. The van der Waals surface area contributed by atoms with Gasteiger partial charge in [0.25, 0.3) is 0 Å². The number of anilines is 1. The van der Waals surface area contributed by atoms with E-state index in [0.717, 1.165) is 9.86 Å². The fourth-order valence-corrected chi connectivity index (χ4v) is 1.98. The van der Waals surface area contributed by atoms with Crippen LogP contribution in [-0.4, -0.2) is 23.3 Å². The van der Waals surface area contributed by atoms with Gasteiger partial charge in [-0.2, -0.15) is 0 Å². The first-order chi connectivity index (χ1) is 9.06. The molecule has 0 aliphatic heterocycles. The molecule has 2 rings (SSSR count). The molecule has 1 aromatic carbocycles. The van der Waals surface area contributed by atoms with Crippen LogP contribution in [0.4, 0.5) is 5.69 Å². The maximum Gasteiger partial charge on any atom is 0.243 e. The molecule has 0 saturated heterocycles. The van der Waals surface area contributed by atoms with Gasteiger partial charge >= 0.3 is 0 Å². The van der Waals surface area contributed by atoms with E-state index in [9.17, 15) is 9.59 Å². The van der Waals surface area contributed by atoms with Gasteiger partial charge in [-0.1, -0.05) is 12.1 Å². The highest BCUT2D eigenvalue weighted by atomic mass is 79.9. The van der Waals surface area contributed by atoms with E-state index in [-0.39, 0.29) is 18.4 Å². The van der Waals surface area contributed by atoms with Gasteiger partial charge in [-0.3, -0.25) is 14.6 Å². The Morgan fingerprint density at radius 3 is 2.89 bits per heavy atom. The molecule has 5 nitrogen and oxygen atoms in total. The second kappa shape index (κ2) is 5.79. The van der Waals surface area contributed by atoms with Crippen LogP contribution in [0.15, 0.2) is 34.9 Å². The smallest absolute Gasteiger partial charge is 0.243 e. The molecular formula is C13H12BrN3O2. The quantitative estimate of drug-likeness (QED) is 0.909. The third-order valence-electron chi connectivity index (χ3n) is 2.45. The zero-order valence-electron chi connectivity index (χ0n) is 10.2. The number of carbonyl (C=O) groups is 2. The molecule has 0 spiro atoms. The van der Waals surface area contributed by atoms with Gasteiger partial charge < -0.3 is 10.6 Å². The van der Waals surface area contributed by atoms with Crippen LogP contribution in [0.2, 0.25) is 0 Å². The highest BCUT2D eigenvalue weighted by Gasteiger charge is 2.07. The Balaban J connectivity index is 2.21. The molecule has 0 aliphatic carbocycles. The maximum atomic E-state index is 11.7. The molecule has 2 amide bonds. The standard InChI is InChI=1S/C13H12BrN3O2/c1-8(18)15-7-12(19)17-11-4-2-3-9-5-10(14)6-16-13(9)11/h2-6H,7H2,1H3,(H,15,18)(H,17,19). The lowest BCUT2D eigenvalue weighted by molar-refractivity contribution is -0.122. The molecule has 1 aromatic heterocycles. The van der Waals surface area contributed by atoms with Gasteiger partial charge in [0.15, 0.2) is 0 Å². The summed E-state index contributed by atoms with van der Waals surface area (Å²) in [7, 11) is 0. The van der Waals surface area contributed by atoms with E-state index in [4.69, 9.17) is 0 Å². The van der Waals surface area contributed by atoms with Gasteiger partial charge in [-0.25, -0.2) is 0 Å². The first-order valence-electron chi connectivity index (χ1n) is 5.65. The Labute approximate surface area is 118 Å². The molecule has 98 valence electrons. The lowest BCUT2D eigenvalue weighted by Gasteiger charge is -2.08. The molecule has 19 heavy (non-hydrogen) atoms. The van der Waals surface area contributed by atoms with Crippen molar-refractivity contribution in [3.63, 3.8) is 0 Å². The molecule has 6 heteroatoms. The molecule has 0 unspecified atom stereocenters. The Morgan fingerprint density at radius 2 is 2.16 bits per heavy atom. The number of aromatic nitrogens is 1. The molecule has 0 aliphatic rings. The fourth-order valence-electron chi connectivity index (χ4n) is 1.63. The summed E-state index contributed by atoms with van der Waals surface area (Å²) >= 11 is 3.35. The van der Waals surface area contributed by atoms with E-state index in [0.29, 0.717) is 11.2 Å². The van der Waals surface area contributed by atoms with Gasteiger partial charge in [-0.15, -0.1) is 0 Å². The van der Waals surface area contributed by atoms with Crippen molar-refractivity contribution in [1.29, 1.82) is 0 Å². The summed E-state index contributed by atoms with van der Waals surface area (Å²) in [6.45, 7) is 1.31. The van der Waals surface area contributed by atoms with Crippen molar-refractivity contribution in [1.82, 2.24) is 10.3 Å². The van der Waals surface area contributed by atoms with E-state index < -0.39 is 0 Å². The number of para-hydroxylation sites is 1.